The molecule has 240 valence electrons. The molecular weight excluding hydrogens is 788 g/mol. The van der Waals surface area contributed by atoms with E-state index in [0.29, 0.717) is 0 Å². The van der Waals surface area contributed by atoms with Crippen molar-refractivity contribution in [3.63, 3.8) is 0 Å². The number of nitrogens with zero attached hydrogens (tertiary/aromatic N) is 4. The molecule has 0 radical (unpaired) electrons. The van der Waals surface area contributed by atoms with Gasteiger partial charge in [-0.3, -0.25) is 0 Å². The molecule has 6 heteroatoms. The number of anilines is 5. The van der Waals surface area contributed by atoms with Crippen LogP contribution in [0.1, 0.15) is 26.3 Å². The van der Waals surface area contributed by atoms with Crippen LogP contribution in [0.3, 0.4) is 0 Å². The fourth-order valence-electron chi connectivity index (χ4n) is 6.16. The summed E-state index contributed by atoms with van der Waals surface area (Å²) in [6.07, 6.45) is 6.01. The van der Waals surface area contributed by atoms with Crippen LogP contribution in [0.5, 0.6) is 0 Å². The van der Waals surface area contributed by atoms with Gasteiger partial charge in [-0.2, -0.15) is 30.3 Å². The number of fused-ring (bicyclic) bond motifs is 5. The van der Waals surface area contributed by atoms with Crippen molar-refractivity contribution in [2.24, 2.45) is 0 Å². The van der Waals surface area contributed by atoms with Crippen molar-refractivity contribution in [1.82, 2.24) is 4.98 Å². The van der Waals surface area contributed by atoms with Gasteiger partial charge in [-0.25, -0.2) is 4.98 Å². The van der Waals surface area contributed by atoms with Gasteiger partial charge in [-0.15, -0.1) is 51.6 Å². The quantitative estimate of drug-likeness (QED) is 0.161. The number of hydrogen-bond acceptors (Lipinski definition) is 5. The molecule has 5 aromatic carbocycles. The Bertz CT molecular complexity index is 2100. The summed E-state index contributed by atoms with van der Waals surface area (Å²) in [5, 5.41) is 0. The van der Waals surface area contributed by atoms with Gasteiger partial charge in [-0.05, 0) is 59.3 Å². The van der Waals surface area contributed by atoms with Crippen LogP contribution in [-0.2, 0) is 26.5 Å². The van der Waals surface area contributed by atoms with E-state index in [1.807, 2.05) is 18.3 Å². The summed E-state index contributed by atoms with van der Waals surface area (Å²) in [7, 11) is 0. The molecule has 4 nitrogen and oxygen atoms in total. The molecule has 3 heterocycles. The number of aromatic nitrogens is 1. The molecule has 0 fully saturated rings. The van der Waals surface area contributed by atoms with Gasteiger partial charge in [0.05, 0.1) is 5.69 Å². The van der Waals surface area contributed by atoms with Crippen LogP contribution in [0.4, 0.5) is 28.6 Å². The van der Waals surface area contributed by atoms with Crippen LogP contribution in [0, 0.1) is 18.8 Å². The summed E-state index contributed by atoms with van der Waals surface area (Å²) in [5.41, 5.74) is 10.3. The maximum Gasteiger partial charge on any atom is 0.135 e. The van der Waals surface area contributed by atoms with Crippen molar-refractivity contribution in [3.8, 4) is 22.3 Å². The Kier molecular flexibility index (Phi) is 8.76. The Hall–Kier alpha value is -4.57. The largest absolute Gasteiger partial charge is 0.500 e. The number of benzene rings is 5. The van der Waals surface area contributed by atoms with Crippen LogP contribution < -0.4 is 14.7 Å². The van der Waals surface area contributed by atoms with E-state index in [4.69, 9.17) is 4.98 Å². The third-order valence-electron chi connectivity index (χ3n) is 8.57. The van der Waals surface area contributed by atoms with Crippen LogP contribution in [-0.4, -0.2) is 4.98 Å². The minimum atomic E-state index is 0. The minimum absolute atomic E-state index is 0. The number of pyridine rings is 1. The Morgan fingerprint density at radius 1 is 0.625 bits per heavy atom. The van der Waals surface area contributed by atoms with Gasteiger partial charge in [0, 0.05) is 38.5 Å². The van der Waals surface area contributed by atoms with Gasteiger partial charge < -0.3 is 14.7 Å². The van der Waals surface area contributed by atoms with Gasteiger partial charge in [0.25, 0.3) is 0 Å². The van der Waals surface area contributed by atoms with Gasteiger partial charge in [0.15, 0.2) is 0 Å². The molecule has 0 spiro atoms. The average molecular weight is 821 g/mol. The number of para-hydroxylation sites is 1. The standard InChI is InChI=1S/C42H33N4S.Pt/c1-42(2,3)30-18-20-31(21-19-30)44-25-26-45(29-44)32-11-10-12-33(27-32)47-34-22-23-38-36-14-5-4-13-35(36)37-15-6-7-16-39(37)46(40(38)28-34)41-17-8-9-24-43-41;/h4-26,29H,1-3H3;/q-3;. The molecule has 0 saturated carbocycles. The second-order valence-electron chi connectivity index (χ2n) is 12.7. The van der Waals surface area contributed by atoms with Crippen LogP contribution in [0.2, 0.25) is 0 Å². The van der Waals surface area contributed by atoms with Crippen molar-refractivity contribution < 1.29 is 21.1 Å². The van der Waals surface area contributed by atoms with Crippen LogP contribution in [0.15, 0.2) is 150 Å². The molecule has 6 aromatic rings. The van der Waals surface area contributed by atoms with Crippen molar-refractivity contribution in [2.75, 3.05) is 14.7 Å². The average Bonchev–Trinajstić information content (AvgIpc) is 3.56. The van der Waals surface area contributed by atoms with E-state index in [1.54, 1.807) is 11.8 Å². The van der Waals surface area contributed by atoms with Crippen LogP contribution >= 0.6 is 11.8 Å². The Morgan fingerprint density at radius 2 is 1.31 bits per heavy atom. The first-order valence-electron chi connectivity index (χ1n) is 15.8. The molecule has 0 aliphatic carbocycles. The fraction of sp³-hybridized carbons (Fsp3) is 0.0952. The van der Waals surface area contributed by atoms with Crippen molar-refractivity contribution in [1.29, 1.82) is 0 Å². The normalized spacial score (nSPS) is 13.4. The molecule has 0 amide bonds. The molecule has 2 aliphatic rings. The third kappa shape index (κ3) is 6.09. The molecule has 8 rings (SSSR count). The van der Waals surface area contributed by atoms with Crippen LogP contribution in [0.25, 0.3) is 22.3 Å². The fourth-order valence-corrected chi connectivity index (χ4v) is 6.98. The molecule has 1 aromatic heterocycles. The Morgan fingerprint density at radius 3 is 2.06 bits per heavy atom. The van der Waals surface area contributed by atoms with E-state index < -0.39 is 0 Å². The van der Waals surface area contributed by atoms with Crippen molar-refractivity contribution >= 4 is 40.3 Å². The second kappa shape index (κ2) is 13.1. The van der Waals surface area contributed by atoms with Crippen molar-refractivity contribution in [3.05, 3.63) is 164 Å². The summed E-state index contributed by atoms with van der Waals surface area (Å²) in [6, 6.07) is 50.1. The van der Waals surface area contributed by atoms with Crippen molar-refractivity contribution in [2.45, 2.75) is 36.0 Å². The summed E-state index contributed by atoms with van der Waals surface area (Å²) < 4.78 is 0. The summed E-state index contributed by atoms with van der Waals surface area (Å²) in [4.78, 5) is 13.3. The molecule has 0 atom stereocenters. The molecule has 48 heavy (non-hydrogen) atoms. The predicted octanol–water partition coefficient (Wildman–Crippen LogP) is 11.2. The first kappa shape index (κ1) is 32.0. The monoisotopic (exact) mass is 820 g/mol. The first-order chi connectivity index (χ1) is 22.9. The zero-order valence-corrected chi connectivity index (χ0v) is 30.0. The Balaban J connectivity index is 0.00000364. The first-order valence-corrected chi connectivity index (χ1v) is 16.6. The summed E-state index contributed by atoms with van der Waals surface area (Å²) in [6.45, 7) is 8.82. The van der Waals surface area contributed by atoms with E-state index in [9.17, 15) is 0 Å². The topological polar surface area (TPSA) is 22.6 Å². The van der Waals surface area contributed by atoms with Gasteiger partial charge >= 0.3 is 0 Å². The molecule has 0 saturated heterocycles. The SMILES string of the molecule is CC(C)(C)c1ccc(N2C=CN(c3[c-]c(Sc4[c-]c5c(cc4)-c4ccccc4-c4ccccc4N5c4ccccn4)ccc3)[CH-]2)cc1.[Pt]. The van der Waals surface area contributed by atoms with Gasteiger partial charge in [0.2, 0.25) is 0 Å². The van der Waals surface area contributed by atoms with E-state index >= 15 is 0 Å². The number of hydrogen-bond donors (Lipinski definition) is 0. The minimum Gasteiger partial charge on any atom is -0.500 e. The van der Waals surface area contributed by atoms with E-state index in [2.05, 4.69) is 176 Å². The maximum absolute atomic E-state index is 4.79. The van der Waals surface area contributed by atoms with E-state index in [1.165, 1.54) is 22.3 Å². The third-order valence-corrected chi connectivity index (χ3v) is 9.49. The zero-order valence-electron chi connectivity index (χ0n) is 26.9. The second-order valence-corrected chi connectivity index (χ2v) is 13.8. The summed E-state index contributed by atoms with van der Waals surface area (Å²) in [5.74, 6) is 0.856. The zero-order chi connectivity index (χ0) is 32.0. The smallest absolute Gasteiger partial charge is 0.135 e. The summed E-state index contributed by atoms with van der Waals surface area (Å²) >= 11 is 1.66. The van der Waals surface area contributed by atoms with E-state index in [0.717, 1.165) is 43.9 Å². The predicted molar refractivity (Wildman–Crippen MR) is 195 cm³/mol. The molecule has 0 bridgehead atoms. The molecule has 0 N–H and O–H groups in total. The maximum atomic E-state index is 4.79. The van der Waals surface area contributed by atoms with Gasteiger partial charge in [0.1, 0.15) is 5.82 Å². The molecular formula is C42H33N4PtS-3. The molecule has 0 unspecified atom stereocenters. The number of rotatable bonds is 5. The van der Waals surface area contributed by atoms with Gasteiger partial charge in [-0.1, -0.05) is 92.7 Å². The Labute approximate surface area is 302 Å². The molecule has 2 aliphatic heterocycles. The van der Waals surface area contributed by atoms with E-state index in [-0.39, 0.29) is 26.5 Å².